The van der Waals surface area contributed by atoms with Crippen molar-refractivity contribution in [3.63, 3.8) is 0 Å². The van der Waals surface area contributed by atoms with Gasteiger partial charge < -0.3 is 47.4 Å². The maximum Gasteiger partial charge on any atom is 0.236 e. The fourth-order valence-corrected chi connectivity index (χ4v) is 9.92. The number of nitrogens with zero attached hydrogens (tertiary/aromatic N) is 2. The number of hydrogen-bond acceptors (Lipinski definition) is 14. The zero-order valence-corrected chi connectivity index (χ0v) is 31.4. The van der Waals surface area contributed by atoms with Crippen molar-refractivity contribution in [3.05, 3.63) is 24.3 Å². The van der Waals surface area contributed by atoms with E-state index in [2.05, 4.69) is 0 Å². The van der Waals surface area contributed by atoms with Crippen LogP contribution in [-0.4, -0.2) is 177 Å². The Hall–Kier alpha value is -2.64. The molecular weight excluding hydrogens is 720 g/mol. The predicted octanol–water partition coefficient (Wildman–Crippen LogP) is 0.166. The minimum absolute atomic E-state index is 0.153. The summed E-state index contributed by atoms with van der Waals surface area (Å²) in [6, 6.07) is 0. The standard InChI is InChI=1S/C39H54N2O14/c42-34-30-26-1-2-27(54-26)31(30)35(43)40(34)5-7-46-9-11-48-13-15-50-17-19-52-24-38-21-39(22-38,23-38)25-53-20-18-51-16-14-49-12-10-47-8-6-41-36(44)32-28-3-4-29(55-28)33(32)37(41)45/h1-4,26-33H,5-25H2/t26-,27+,28-,29+,30+,31-,32+,33-,38?,39?. The Morgan fingerprint density at radius 2 is 0.673 bits per heavy atom. The van der Waals surface area contributed by atoms with Crippen LogP contribution in [0.5, 0.6) is 0 Å². The van der Waals surface area contributed by atoms with Crippen molar-refractivity contribution in [2.45, 2.75) is 43.7 Å². The zero-order chi connectivity index (χ0) is 37.8. The smallest absolute Gasteiger partial charge is 0.236 e. The van der Waals surface area contributed by atoms with E-state index in [9.17, 15) is 19.2 Å². The van der Waals surface area contributed by atoms with Crippen LogP contribution in [0.15, 0.2) is 24.3 Å². The first-order valence-electron chi connectivity index (χ1n) is 19.9. The molecule has 16 nitrogen and oxygen atoms in total. The molecule has 6 aliphatic heterocycles. The number of carbonyl (C=O) groups is 4. The summed E-state index contributed by atoms with van der Waals surface area (Å²) >= 11 is 0. The molecule has 0 spiro atoms. The summed E-state index contributed by atoms with van der Waals surface area (Å²) in [5.41, 5.74) is 0.608. The number of likely N-dealkylation sites (tertiary alicyclic amines) is 2. The summed E-state index contributed by atoms with van der Waals surface area (Å²) in [6.45, 7) is 8.22. The largest absolute Gasteiger partial charge is 0.378 e. The molecule has 0 unspecified atom stereocenters. The number of imide groups is 2. The van der Waals surface area contributed by atoms with E-state index in [1.807, 2.05) is 24.3 Å². The molecule has 3 saturated carbocycles. The first kappa shape index (κ1) is 39.2. The van der Waals surface area contributed by atoms with Gasteiger partial charge in [0, 0.05) is 0 Å². The minimum Gasteiger partial charge on any atom is -0.378 e. The van der Waals surface area contributed by atoms with Gasteiger partial charge in [-0.2, -0.15) is 0 Å². The van der Waals surface area contributed by atoms with E-state index in [1.165, 1.54) is 9.80 Å². The molecule has 4 amide bonds. The molecule has 0 aromatic rings. The van der Waals surface area contributed by atoms with Crippen molar-refractivity contribution in [2.24, 2.45) is 34.5 Å². The molecule has 0 radical (unpaired) electrons. The van der Waals surface area contributed by atoms with E-state index in [-0.39, 0.29) is 98.0 Å². The lowest BCUT2D eigenvalue weighted by Gasteiger charge is -2.70. The van der Waals surface area contributed by atoms with Gasteiger partial charge in [-0.1, -0.05) is 24.3 Å². The molecule has 0 N–H and O–H groups in total. The minimum atomic E-state index is -0.372. The summed E-state index contributed by atoms with van der Waals surface area (Å²) in [7, 11) is 0. The Morgan fingerprint density at radius 1 is 0.418 bits per heavy atom. The molecule has 9 rings (SSSR count). The average molecular weight is 775 g/mol. The Bertz CT molecular complexity index is 1290. The predicted molar refractivity (Wildman–Crippen MR) is 188 cm³/mol. The van der Waals surface area contributed by atoms with Gasteiger partial charge in [-0.15, -0.1) is 0 Å². The summed E-state index contributed by atoms with van der Waals surface area (Å²) in [4.78, 5) is 53.1. The molecule has 9 aliphatic rings. The molecule has 4 saturated heterocycles. The van der Waals surface area contributed by atoms with E-state index in [0.29, 0.717) is 90.1 Å². The van der Waals surface area contributed by atoms with Crippen molar-refractivity contribution >= 4 is 23.6 Å². The Kier molecular flexibility index (Phi) is 12.4. The van der Waals surface area contributed by atoms with Gasteiger partial charge in [0.2, 0.25) is 23.6 Å². The second-order valence-corrected chi connectivity index (χ2v) is 16.0. The fourth-order valence-electron chi connectivity index (χ4n) is 9.92. The zero-order valence-electron chi connectivity index (χ0n) is 31.4. The third-order valence-electron chi connectivity index (χ3n) is 12.2. The van der Waals surface area contributed by atoms with Crippen LogP contribution in [0.25, 0.3) is 0 Å². The van der Waals surface area contributed by atoms with E-state index in [0.717, 1.165) is 32.5 Å². The van der Waals surface area contributed by atoms with Crippen LogP contribution in [0.3, 0.4) is 0 Å². The number of amides is 4. The fraction of sp³-hybridized carbons (Fsp3) is 0.795. The van der Waals surface area contributed by atoms with Gasteiger partial charge in [-0.25, -0.2) is 0 Å². The first-order chi connectivity index (χ1) is 26.9. The van der Waals surface area contributed by atoms with Gasteiger partial charge in [0.1, 0.15) is 0 Å². The number of carbonyl (C=O) groups excluding carboxylic acids is 4. The molecule has 6 bridgehead atoms. The molecule has 6 heterocycles. The van der Waals surface area contributed by atoms with E-state index < -0.39 is 0 Å². The van der Waals surface area contributed by atoms with Crippen LogP contribution in [-0.2, 0) is 66.5 Å². The quantitative estimate of drug-likeness (QED) is 0.0600. The number of rotatable bonds is 28. The molecule has 0 aromatic carbocycles. The Balaban J connectivity index is 0.535. The summed E-state index contributed by atoms with van der Waals surface area (Å²) in [6.07, 6.45) is 9.90. The average Bonchev–Trinajstić information content (AvgIpc) is 4.01. The molecule has 3 aliphatic carbocycles. The SMILES string of the molecule is O=C1[C@@H]2[C@H](C(=O)N1CCOCCOCCOCCOCC13CC(COCCOCCOCCOCCN4C(=O)[C@@H]5[C@H](C4=O)[C@@H]4C=C[C@H]5O4)(C1)C3)[C@@H]1C=C[C@H]2O1. The molecule has 8 atom stereocenters. The molecule has 7 fully saturated rings. The summed E-state index contributed by atoms with van der Waals surface area (Å²) < 4.78 is 56.6. The highest BCUT2D eigenvalue weighted by Crippen LogP contribution is 2.73. The molecule has 55 heavy (non-hydrogen) atoms. The number of fused-ring (bicyclic) bond motifs is 10. The second-order valence-electron chi connectivity index (χ2n) is 16.0. The van der Waals surface area contributed by atoms with E-state index >= 15 is 0 Å². The summed E-state index contributed by atoms with van der Waals surface area (Å²) in [5.74, 6) is -2.10. The van der Waals surface area contributed by atoms with Crippen molar-refractivity contribution in [1.82, 2.24) is 9.80 Å². The molecule has 304 valence electrons. The van der Waals surface area contributed by atoms with Gasteiger partial charge in [0.25, 0.3) is 0 Å². The highest BCUT2D eigenvalue weighted by molar-refractivity contribution is 6.07. The van der Waals surface area contributed by atoms with Crippen LogP contribution < -0.4 is 0 Å². The van der Waals surface area contributed by atoms with Gasteiger partial charge in [0.05, 0.1) is 167 Å². The van der Waals surface area contributed by atoms with Crippen LogP contribution in [0.2, 0.25) is 0 Å². The Morgan fingerprint density at radius 3 is 0.964 bits per heavy atom. The lowest BCUT2D eigenvalue weighted by Crippen LogP contribution is -2.65. The van der Waals surface area contributed by atoms with Crippen molar-refractivity contribution < 1.29 is 66.5 Å². The molecule has 0 aromatic heterocycles. The topological polar surface area (TPSA) is 167 Å². The molecule has 16 heteroatoms. The van der Waals surface area contributed by atoms with Gasteiger partial charge in [0.15, 0.2) is 0 Å². The molecular formula is C39H54N2O14. The highest BCUT2D eigenvalue weighted by atomic mass is 16.6. The lowest BCUT2D eigenvalue weighted by atomic mass is 9.35. The van der Waals surface area contributed by atoms with Gasteiger partial charge >= 0.3 is 0 Å². The van der Waals surface area contributed by atoms with Crippen LogP contribution in [0.1, 0.15) is 19.3 Å². The monoisotopic (exact) mass is 774 g/mol. The van der Waals surface area contributed by atoms with Gasteiger partial charge in [-0.3, -0.25) is 29.0 Å². The summed E-state index contributed by atoms with van der Waals surface area (Å²) in [5, 5.41) is 0. The second kappa shape index (κ2) is 17.5. The number of hydrogen-bond donors (Lipinski definition) is 0. The van der Waals surface area contributed by atoms with E-state index in [1.54, 1.807) is 0 Å². The van der Waals surface area contributed by atoms with E-state index in [4.69, 9.17) is 47.4 Å². The van der Waals surface area contributed by atoms with Crippen LogP contribution in [0, 0.1) is 34.5 Å². The number of ether oxygens (including phenoxy) is 10. The normalized spacial score (nSPS) is 35.8. The Labute approximate surface area is 320 Å². The van der Waals surface area contributed by atoms with Crippen molar-refractivity contribution in [1.29, 1.82) is 0 Å². The lowest BCUT2D eigenvalue weighted by molar-refractivity contribution is -0.254. The highest BCUT2D eigenvalue weighted by Gasteiger charge is 2.67. The van der Waals surface area contributed by atoms with Gasteiger partial charge in [-0.05, 0) is 30.1 Å². The van der Waals surface area contributed by atoms with Crippen molar-refractivity contribution in [3.8, 4) is 0 Å². The third kappa shape index (κ3) is 8.22. The van der Waals surface area contributed by atoms with Crippen LogP contribution in [0.4, 0.5) is 0 Å². The van der Waals surface area contributed by atoms with Crippen LogP contribution >= 0.6 is 0 Å². The maximum atomic E-state index is 12.6. The van der Waals surface area contributed by atoms with Crippen molar-refractivity contribution in [2.75, 3.05) is 119 Å². The first-order valence-corrected chi connectivity index (χ1v) is 19.9. The third-order valence-corrected chi connectivity index (χ3v) is 12.2. The maximum absolute atomic E-state index is 12.6.